The Balaban J connectivity index is 1.89. The summed E-state index contributed by atoms with van der Waals surface area (Å²) < 4.78 is 22.3. The molecule has 5 nitrogen and oxygen atoms in total. The monoisotopic (exact) mass is 345 g/mol. The molecular formula is C18H23N3O2S. The number of nitrogens with one attached hydrogen (secondary N) is 1. The van der Waals surface area contributed by atoms with E-state index in [0.717, 1.165) is 48.7 Å². The Morgan fingerprint density at radius 2 is 1.88 bits per heavy atom. The molecule has 0 aliphatic carbocycles. The van der Waals surface area contributed by atoms with Crippen LogP contribution < -0.4 is 18.7 Å². The Morgan fingerprint density at radius 3 is 2.62 bits per heavy atom. The third kappa shape index (κ3) is 3.25. The van der Waals surface area contributed by atoms with Gasteiger partial charge in [0, 0.05) is 12.6 Å². The summed E-state index contributed by atoms with van der Waals surface area (Å²) >= 11 is -1.27. The predicted octanol–water partition coefficient (Wildman–Crippen LogP) is 3.23. The van der Waals surface area contributed by atoms with Crippen LogP contribution in [-0.2, 0) is 11.2 Å². The molecule has 0 saturated heterocycles. The number of benzene rings is 2. The van der Waals surface area contributed by atoms with Crippen molar-refractivity contribution in [1.29, 1.82) is 0 Å². The standard InChI is InChI=1S/C18H23N3O2S/c1-19-12-5-6-13-20-17-10-3-4-11-18(17)21(24(20)22)15-8-7-9-16(14-15)23-2/h3-4,7-11,14,19H,5-6,12-13H2,1-2H3. The molecule has 0 bridgehead atoms. The number of methoxy groups -OCH3 is 1. The first-order chi connectivity index (χ1) is 11.8. The van der Waals surface area contributed by atoms with E-state index in [1.807, 2.05) is 64.2 Å². The number of para-hydroxylation sites is 2. The molecule has 1 aliphatic rings. The lowest BCUT2D eigenvalue weighted by atomic mass is 10.2. The van der Waals surface area contributed by atoms with Crippen molar-refractivity contribution in [3.63, 3.8) is 0 Å². The van der Waals surface area contributed by atoms with Gasteiger partial charge in [-0.15, -0.1) is 0 Å². The maximum absolute atomic E-state index is 13.1. The number of fused-ring (bicyclic) bond motifs is 1. The number of nitrogens with zero attached hydrogens (tertiary/aromatic N) is 2. The number of hydrogen-bond donors (Lipinski definition) is 1. The van der Waals surface area contributed by atoms with Crippen molar-refractivity contribution in [1.82, 2.24) is 5.32 Å². The summed E-state index contributed by atoms with van der Waals surface area (Å²) in [5.41, 5.74) is 2.86. The van der Waals surface area contributed by atoms with E-state index in [4.69, 9.17) is 4.74 Å². The van der Waals surface area contributed by atoms with Crippen molar-refractivity contribution < 1.29 is 8.95 Å². The first-order valence-corrected chi connectivity index (χ1v) is 9.20. The summed E-state index contributed by atoms with van der Waals surface area (Å²) in [4.78, 5) is 0. The Labute approximate surface area is 146 Å². The molecule has 24 heavy (non-hydrogen) atoms. The zero-order chi connectivity index (χ0) is 16.9. The summed E-state index contributed by atoms with van der Waals surface area (Å²) in [5, 5.41) is 3.15. The summed E-state index contributed by atoms with van der Waals surface area (Å²) in [6, 6.07) is 15.7. The summed E-state index contributed by atoms with van der Waals surface area (Å²) in [6.07, 6.45) is 2.05. The minimum atomic E-state index is -1.27. The molecule has 3 rings (SSSR count). The molecular weight excluding hydrogens is 322 g/mol. The normalized spacial score (nSPS) is 16.3. The lowest BCUT2D eigenvalue weighted by molar-refractivity contribution is 0.415. The predicted molar refractivity (Wildman–Crippen MR) is 100 cm³/mol. The minimum Gasteiger partial charge on any atom is -0.497 e. The van der Waals surface area contributed by atoms with Gasteiger partial charge in [0.2, 0.25) is 11.2 Å². The van der Waals surface area contributed by atoms with Crippen LogP contribution in [0.5, 0.6) is 5.75 Å². The quantitative estimate of drug-likeness (QED) is 0.784. The van der Waals surface area contributed by atoms with Crippen LogP contribution in [0.15, 0.2) is 48.5 Å². The third-order valence-corrected chi connectivity index (χ3v) is 5.52. The number of rotatable bonds is 7. The fourth-order valence-corrected chi connectivity index (χ4v) is 4.26. The second kappa shape index (κ2) is 7.68. The molecule has 0 saturated carbocycles. The van der Waals surface area contributed by atoms with Crippen LogP contribution in [-0.4, -0.2) is 31.5 Å². The van der Waals surface area contributed by atoms with E-state index >= 15 is 0 Å². The fraction of sp³-hybridized carbons (Fsp3) is 0.333. The van der Waals surface area contributed by atoms with Crippen molar-refractivity contribution in [2.45, 2.75) is 12.8 Å². The van der Waals surface area contributed by atoms with Gasteiger partial charge in [0.25, 0.3) is 0 Å². The van der Waals surface area contributed by atoms with E-state index in [1.165, 1.54) is 0 Å². The maximum Gasteiger partial charge on any atom is 0.230 e. The number of anilines is 3. The Hall–Kier alpha value is -2.05. The highest BCUT2D eigenvalue weighted by Crippen LogP contribution is 2.43. The van der Waals surface area contributed by atoms with Crippen LogP contribution in [0.1, 0.15) is 12.8 Å². The molecule has 0 radical (unpaired) electrons. The van der Waals surface area contributed by atoms with Crippen LogP contribution in [0.25, 0.3) is 0 Å². The van der Waals surface area contributed by atoms with Crippen LogP contribution in [0.4, 0.5) is 17.1 Å². The molecule has 0 spiro atoms. The van der Waals surface area contributed by atoms with Crippen molar-refractivity contribution in [3.8, 4) is 5.75 Å². The molecule has 1 heterocycles. The molecule has 2 aromatic rings. The molecule has 128 valence electrons. The van der Waals surface area contributed by atoms with E-state index in [0.29, 0.717) is 0 Å². The molecule has 1 aliphatic heterocycles. The largest absolute Gasteiger partial charge is 0.497 e. The molecule has 1 unspecified atom stereocenters. The highest BCUT2D eigenvalue weighted by Gasteiger charge is 2.34. The first kappa shape index (κ1) is 16.8. The van der Waals surface area contributed by atoms with Gasteiger partial charge < -0.3 is 10.1 Å². The zero-order valence-electron chi connectivity index (χ0n) is 14.1. The number of hydrogen-bond acceptors (Lipinski definition) is 3. The number of unbranched alkanes of at least 4 members (excludes halogenated alkanes) is 1. The average molecular weight is 345 g/mol. The van der Waals surface area contributed by atoms with Gasteiger partial charge in [-0.1, -0.05) is 18.2 Å². The molecule has 2 aromatic carbocycles. The SMILES string of the molecule is CNCCCCN1c2ccccc2N(c2cccc(OC)c2)S1=O. The van der Waals surface area contributed by atoms with Gasteiger partial charge >= 0.3 is 0 Å². The van der Waals surface area contributed by atoms with Gasteiger partial charge in [-0.3, -0.25) is 4.31 Å². The second-order valence-electron chi connectivity index (χ2n) is 5.63. The van der Waals surface area contributed by atoms with Gasteiger partial charge in [0.05, 0.1) is 24.2 Å². The van der Waals surface area contributed by atoms with Crippen molar-refractivity contribution in [2.24, 2.45) is 0 Å². The highest BCUT2D eigenvalue weighted by atomic mass is 32.2. The van der Waals surface area contributed by atoms with Crippen LogP contribution in [0, 0.1) is 0 Å². The van der Waals surface area contributed by atoms with Crippen LogP contribution >= 0.6 is 0 Å². The van der Waals surface area contributed by atoms with Gasteiger partial charge in [-0.05, 0) is 50.7 Å². The highest BCUT2D eigenvalue weighted by molar-refractivity contribution is 7.88. The van der Waals surface area contributed by atoms with Crippen LogP contribution in [0.2, 0.25) is 0 Å². The lowest BCUT2D eigenvalue weighted by Crippen LogP contribution is -2.30. The topological polar surface area (TPSA) is 44.8 Å². The van der Waals surface area contributed by atoms with Crippen molar-refractivity contribution >= 4 is 28.2 Å². The summed E-state index contributed by atoms with van der Waals surface area (Å²) in [6.45, 7) is 1.74. The fourth-order valence-electron chi connectivity index (χ4n) is 2.84. The van der Waals surface area contributed by atoms with E-state index in [2.05, 4.69) is 5.32 Å². The Morgan fingerprint density at radius 1 is 1.08 bits per heavy atom. The van der Waals surface area contributed by atoms with Crippen molar-refractivity contribution in [3.05, 3.63) is 48.5 Å². The summed E-state index contributed by atoms with van der Waals surface area (Å²) in [7, 11) is 3.59. The molecule has 1 N–H and O–H groups in total. The van der Waals surface area contributed by atoms with Crippen LogP contribution in [0.3, 0.4) is 0 Å². The first-order valence-electron chi connectivity index (χ1n) is 8.13. The van der Waals surface area contributed by atoms with Gasteiger partial charge in [0.15, 0.2) is 0 Å². The smallest absolute Gasteiger partial charge is 0.230 e. The molecule has 0 amide bonds. The van der Waals surface area contributed by atoms with E-state index in [9.17, 15) is 4.21 Å². The van der Waals surface area contributed by atoms with E-state index in [-0.39, 0.29) is 0 Å². The zero-order valence-corrected chi connectivity index (χ0v) is 14.9. The number of ether oxygens (including phenoxy) is 1. The molecule has 0 fully saturated rings. The van der Waals surface area contributed by atoms with Gasteiger partial charge in [-0.25, -0.2) is 8.51 Å². The lowest BCUT2D eigenvalue weighted by Gasteiger charge is -2.20. The van der Waals surface area contributed by atoms with Gasteiger partial charge in [0.1, 0.15) is 5.75 Å². The maximum atomic E-state index is 13.1. The molecule has 6 heteroatoms. The summed E-state index contributed by atoms with van der Waals surface area (Å²) in [5.74, 6) is 0.759. The Bertz CT molecular complexity index is 723. The van der Waals surface area contributed by atoms with E-state index < -0.39 is 11.2 Å². The third-order valence-electron chi connectivity index (χ3n) is 4.04. The molecule has 0 aromatic heterocycles. The van der Waals surface area contributed by atoms with E-state index in [1.54, 1.807) is 7.11 Å². The Kier molecular flexibility index (Phi) is 5.37. The van der Waals surface area contributed by atoms with Gasteiger partial charge in [-0.2, -0.15) is 0 Å². The minimum absolute atomic E-state index is 0.759. The second-order valence-corrected chi connectivity index (χ2v) is 6.90. The van der Waals surface area contributed by atoms with Crippen molar-refractivity contribution in [2.75, 3.05) is 35.9 Å². The molecule has 1 atom stereocenters. The average Bonchev–Trinajstić information content (AvgIpc) is 2.90.